The highest BCUT2D eigenvalue weighted by molar-refractivity contribution is 4.91. The molecule has 1 nitrogen and oxygen atoms in total. The SMILES string of the molecule is CCCC1(C2CCCCC2)CCC(O)CC1. The predicted molar refractivity (Wildman–Crippen MR) is 68.4 cm³/mol. The third-order valence-electron chi connectivity index (χ3n) is 5.17. The number of hydrogen-bond acceptors (Lipinski definition) is 1. The zero-order valence-corrected chi connectivity index (χ0v) is 10.9. The van der Waals surface area contributed by atoms with Gasteiger partial charge in [0.25, 0.3) is 0 Å². The second kappa shape index (κ2) is 5.53. The Labute approximate surface area is 101 Å². The lowest BCUT2D eigenvalue weighted by Gasteiger charge is -2.46. The molecule has 0 unspecified atom stereocenters. The topological polar surface area (TPSA) is 20.2 Å². The summed E-state index contributed by atoms with van der Waals surface area (Å²) in [5, 5.41) is 9.71. The number of aliphatic hydroxyl groups excluding tert-OH is 1. The first kappa shape index (κ1) is 12.4. The third-order valence-corrected chi connectivity index (χ3v) is 5.17. The predicted octanol–water partition coefficient (Wildman–Crippen LogP) is 4.29. The van der Waals surface area contributed by atoms with Crippen molar-refractivity contribution in [2.45, 2.75) is 83.7 Å². The molecule has 16 heavy (non-hydrogen) atoms. The van der Waals surface area contributed by atoms with Crippen molar-refractivity contribution in [1.29, 1.82) is 0 Å². The number of hydrogen-bond donors (Lipinski definition) is 1. The van der Waals surface area contributed by atoms with Crippen LogP contribution >= 0.6 is 0 Å². The Morgan fingerprint density at radius 3 is 2.19 bits per heavy atom. The van der Waals surface area contributed by atoms with Gasteiger partial charge in [-0.3, -0.25) is 0 Å². The van der Waals surface area contributed by atoms with Gasteiger partial charge >= 0.3 is 0 Å². The van der Waals surface area contributed by atoms with Gasteiger partial charge in [-0.1, -0.05) is 32.6 Å². The molecule has 0 amide bonds. The monoisotopic (exact) mass is 224 g/mol. The summed E-state index contributed by atoms with van der Waals surface area (Å²) < 4.78 is 0. The van der Waals surface area contributed by atoms with Gasteiger partial charge in [-0.05, 0) is 56.3 Å². The molecule has 2 aliphatic rings. The molecule has 1 N–H and O–H groups in total. The molecule has 2 fully saturated rings. The van der Waals surface area contributed by atoms with Gasteiger partial charge in [0.05, 0.1) is 6.10 Å². The van der Waals surface area contributed by atoms with E-state index >= 15 is 0 Å². The normalized spacial score (nSPS) is 37.5. The average Bonchev–Trinajstić information content (AvgIpc) is 2.34. The second-order valence-electron chi connectivity index (χ2n) is 6.18. The van der Waals surface area contributed by atoms with Crippen molar-refractivity contribution in [2.24, 2.45) is 11.3 Å². The maximum absolute atomic E-state index is 9.71. The minimum atomic E-state index is 0.00794. The van der Waals surface area contributed by atoms with Crippen molar-refractivity contribution in [2.75, 3.05) is 0 Å². The van der Waals surface area contributed by atoms with Gasteiger partial charge in [-0.2, -0.15) is 0 Å². The molecule has 0 radical (unpaired) electrons. The van der Waals surface area contributed by atoms with Crippen LogP contribution in [0.2, 0.25) is 0 Å². The standard InChI is InChI=1S/C15H28O/c1-2-10-15(11-8-14(16)9-12-15)13-6-4-3-5-7-13/h13-14,16H,2-12H2,1H3. The Balaban J connectivity index is 2.01. The van der Waals surface area contributed by atoms with Crippen LogP contribution in [0.25, 0.3) is 0 Å². The summed E-state index contributed by atoms with van der Waals surface area (Å²) in [4.78, 5) is 0. The lowest BCUT2D eigenvalue weighted by Crippen LogP contribution is -2.37. The van der Waals surface area contributed by atoms with E-state index < -0.39 is 0 Å². The van der Waals surface area contributed by atoms with E-state index in [0.717, 1.165) is 18.8 Å². The summed E-state index contributed by atoms with van der Waals surface area (Å²) >= 11 is 0. The summed E-state index contributed by atoms with van der Waals surface area (Å²) in [5.74, 6) is 0.980. The van der Waals surface area contributed by atoms with E-state index in [4.69, 9.17) is 0 Å². The number of aliphatic hydroxyl groups is 1. The van der Waals surface area contributed by atoms with Gasteiger partial charge in [0, 0.05) is 0 Å². The largest absolute Gasteiger partial charge is 0.393 e. The minimum Gasteiger partial charge on any atom is -0.393 e. The van der Waals surface area contributed by atoms with Gasteiger partial charge in [0.2, 0.25) is 0 Å². The number of rotatable bonds is 3. The van der Waals surface area contributed by atoms with Crippen molar-refractivity contribution in [3.63, 3.8) is 0 Å². The van der Waals surface area contributed by atoms with Crippen molar-refractivity contribution in [3.8, 4) is 0 Å². The van der Waals surface area contributed by atoms with Gasteiger partial charge in [0.1, 0.15) is 0 Å². The van der Waals surface area contributed by atoms with Gasteiger partial charge in [0.15, 0.2) is 0 Å². The van der Waals surface area contributed by atoms with E-state index in [1.54, 1.807) is 0 Å². The molecule has 0 aromatic carbocycles. The molecule has 0 heterocycles. The Morgan fingerprint density at radius 1 is 1.00 bits per heavy atom. The van der Waals surface area contributed by atoms with E-state index in [-0.39, 0.29) is 6.10 Å². The fraction of sp³-hybridized carbons (Fsp3) is 1.00. The van der Waals surface area contributed by atoms with Crippen LogP contribution in [0.4, 0.5) is 0 Å². The van der Waals surface area contributed by atoms with E-state index in [1.165, 1.54) is 57.8 Å². The van der Waals surface area contributed by atoms with Crippen molar-refractivity contribution in [3.05, 3.63) is 0 Å². The van der Waals surface area contributed by atoms with Gasteiger partial charge in [-0.25, -0.2) is 0 Å². The van der Waals surface area contributed by atoms with E-state index in [2.05, 4.69) is 6.92 Å². The molecule has 2 saturated carbocycles. The molecule has 0 spiro atoms. The van der Waals surface area contributed by atoms with E-state index in [1.807, 2.05) is 0 Å². The maximum Gasteiger partial charge on any atom is 0.0540 e. The molecule has 0 atom stereocenters. The van der Waals surface area contributed by atoms with E-state index in [0.29, 0.717) is 5.41 Å². The first-order valence-corrected chi connectivity index (χ1v) is 7.45. The fourth-order valence-electron chi connectivity index (χ4n) is 4.25. The highest BCUT2D eigenvalue weighted by Gasteiger charge is 2.40. The first-order chi connectivity index (χ1) is 7.77. The van der Waals surface area contributed by atoms with Crippen LogP contribution in [0.3, 0.4) is 0 Å². The molecule has 0 saturated heterocycles. The summed E-state index contributed by atoms with van der Waals surface area (Å²) in [6.07, 6.45) is 14.8. The zero-order valence-electron chi connectivity index (χ0n) is 10.9. The summed E-state index contributed by atoms with van der Waals surface area (Å²) in [6.45, 7) is 2.33. The Kier molecular flexibility index (Phi) is 4.29. The zero-order chi connectivity index (χ0) is 11.4. The van der Waals surface area contributed by atoms with Gasteiger partial charge < -0.3 is 5.11 Å². The van der Waals surface area contributed by atoms with Crippen LogP contribution in [0.15, 0.2) is 0 Å². The van der Waals surface area contributed by atoms with Crippen LogP contribution in [-0.4, -0.2) is 11.2 Å². The molecule has 0 aromatic rings. The Bertz CT molecular complexity index is 197. The van der Waals surface area contributed by atoms with Gasteiger partial charge in [-0.15, -0.1) is 0 Å². The molecular formula is C15H28O. The molecule has 2 rings (SSSR count). The lowest BCUT2D eigenvalue weighted by molar-refractivity contribution is 0.00438. The van der Waals surface area contributed by atoms with Crippen LogP contribution in [0, 0.1) is 11.3 Å². The summed E-state index contributed by atoms with van der Waals surface area (Å²) in [6, 6.07) is 0. The lowest BCUT2D eigenvalue weighted by atomic mass is 9.59. The second-order valence-corrected chi connectivity index (χ2v) is 6.18. The van der Waals surface area contributed by atoms with Crippen LogP contribution in [0.1, 0.15) is 77.6 Å². The molecule has 0 aromatic heterocycles. The smallest absolute Gasteiger partial charge is 0.0540 e. The highest BCUT2D eigenvalue weighted by Crippen LogP contribution is 2.51. The van der Waals surface area contributed by atoms with Crippen molar-refractivity contribution in [1.82, 2.24) is 0 Å². The third kappa shape index (κ3) is 2.61. The van der Waals surface area contributed by atoms with Crippen molar-refractivity contribution < 1.29 is 5.11 Å². The van der Waals surface area contributed by atoms with E-state index in [9.17, 15) is 5.11 Å². The molecule has 0 bridgehead atoms. The Morgan fingerprint density at radius 2 is 1.62 bits per heavy atom. The maximum atomic E-state index is 9.71. The van der Waals surface area contributed by atoms with Crippen LogP contribution < -0.4 is 0 Å². The minimum absolute atomic E-state index is 0.00794. The molecular weight excluding hydrogens is 196 g/mol. The van der Waals surface area contributed by atoms with Crippen molar-refractivity contribution >= 4 is 0 Å². The quantitative estimate of drug-likeness (QED) is 0.758. The summed E-state index contributed by atoms with van der Waals surface area (Å²) in [7, 11) is 0. The highest BCUT2D eigenvalue weighted by atomic mass is 16.3. The molecule has 2 aliphatic carbocycles. The average molecular weight is 224 g/mol. The molecule has 1 heteroatoms. The van der Waals surface area contributed by atoms with Crippen LogP contribution in [0.5, 0.6) is 0 Å². The molecule has 0 aliphatic heterocycles. The van der Waals surface area contributed by atoms with Crippen LogP contribution in [-0.2, 0) is 0 Å². The fourth-order valence-corrected chi connectivity index (χ4v) is 4.25. The summed E-state index contributed by atoms with van der Waals surface area (Å²) in [5.41, 5.74) is 0.619. The Hall–Kier alpha value is -0.0400. The molecule has 94 valence electrons. The first-order valence-electron chi connectivity index (χ1n) is 7.45.